The van der Waals surface area contributed by atoms with Crippen LogP contribution in [0.4, 0.5) is 5.69 Å². The minimum atomic E-state index is 0.211. The first kappa shape index (κ1) is 9.02. The molecule has 4 nitrogen and oxygen atoms in total. The molecule has 1 N–H and O–H groups in total. The Morgan fingerprint density at radius 1 is 1.58 bits per heavy atom. The van der Waals surface area contributed by atoms with Crippen molar-refractivity contribution in [2.24, 2.45) is 0 Å². The zero-order chi connectivity index (χ0) is 8.97. The van der Waals surface area contributed by atoms with Crippen molar-refractivity contribution < 1.29 is 9.53 Å². The minimum absolute atomic E-state index is 0.211. The molecule has 0 unspecified atom stereocenters. The molecular weight excluding hydrogens is 226 g/mol. The van der Waals surface area contributed by atoms with Gasteiger partial charge < -0.3 is 15.4 Å². The highest BCUT2D eigenvalue weighted by atomic mass is 79.9. The largest absolute Gasteiger partial charge is 0.761 e. The number of hydrogen-bond acceptors (Lipinski definition) is 4. The van der Waals surface area contributed by atoms with Crippen molar-refractivity contribution in [3.63, 3.8) is 0 Å². The highest BCUT2D eigenvalue weighted by molar-refractivity contribution is 9.10. The molecule has 0 heterocycles. The number of rotatable bonds is 3. The van der Waals surface area contributed by atoms with E-state index in [1.807, 2.05) is 0 Å². The predicted octanol–water partition coefficient (Wildman–Crippen LogP) is 1.89. The van der Waals surface area contributed by atoms with E-state index in [1.54, 1.807) is 11.5 Å². The van der Waals surface area contributed by atoms with Crippen molar-refractivity contribution in [3.8, 4) is 5.75 Å². The molecule has 12 heavy (non-hydrogen) atoms. The lowest BCUT2D eigenvalue weighted by Gasteiger charge is -2.12. The molecule has 1 aromatic carbocycles. The Bertz CT molecular complexity index is 290. The smallest absolute Gasteiger partial charge is 0.298 e. The van der Waals surface area contributed by atoms with Crippen LogP contribution in [0.15, 0.2) is 22.7 Å². The summed E-state index contributed by atoms with van der Waals surface area (Å²) in [6.45, 7) is 0.268. The lowest BCUT2D eigenvalue weighted by Crippen LogP contribution is -1.94. The minimum Gasteiger partial charge on any atom is -0.761 e. The third-order valence-corrected chi connectivity index (χ3v) is 1.72. The van der Waals surface area contributed by atoms with Gasteiger partial charge in [-0.2, -0.15) is 0 Å². The average Bonchev–Trinajstić information content (AvgIpc) is 2.08. The van der Waals surface area contributed by atoms with Crippen molar-refractivity contribution >= 4 is 28.1 Å². The summed E-state index contributed by atoms with van der Waals surface area (Å²) in [7, 11) is 0. The van der Waals surface area contributed by atoms with E-state index in [0.29, 0.717) is 0 Å². The molecular formula is C7H5BrNO3-. The predicted molar refractivity (Wildman–Crippen MR) is 47.8 cm³/mol. The van der Waals surface area contributed by atoms with Crippen LogP contribution in [0.3, 0.4) is 0 Å². The molecule has 0 aliphatic carbocycles. The van der Waals surface area contributed by atoms with Gasteiger partial charge in [-0.05, 0) is 18.2 Å². The van der Waals surface area contributed by atoms with E-state index in [-0.39, 0.29) is 17.9 Å². The van der Waals surface area contributed by atoms with Gasteiger partial charge in [0.1, 0.15) is 0 Å². The Hall–Kier alpha value is -1.07. The number of ether oxygens (including phenoxy) is 1. The Balaban J connectivity index is 3.01. The number of anilines is 1. The van der Waals surface area contributed by atoms with Gasteiger partial charge in [0.05, 0.1) is 5.69 Å². The fourth-order valence-corrected chi connectivity index (χ4v) is 1.10. The van der Waals surface area contributed by atoms with E-state index in [2.05, 4.69) is 20.7 Å². The van der Waals surface area contributed by atoms with Gasteiger partial charge in [-0.1, -0.05) is 15.9 Å². The third-order valence-electron chi connectivity index (χ3n) is 1.23. The monoisotopic (exact) mass is 230 g/mol. The molecule has 1 rings (SSSR count). The van der Waals surface area contributed by atoms with Crippen LogP contribution in [0, 0.1) is 5.21 Å². The van der Waals surface area contributed by atoms with Crippen LogP contribution in [-0.4, -0.2) is 6.47 Å². The maximum absolute atomic E-state index is 10.3. The molecule has 5 heteroatoms. The summed E-state index contributed by atoms with van der Waals surface area (Å²) in [5.74, 6) is 0.211. The van der Waals surface area contributed by atoms with Crippen LogP contribution in [0.5, 0.6) is 5.75 Å². The molecule has 0 aliphatic rings. The van der Waals surface area contributed by atoms with Gasteiger partial charge >= 0.3 is 0 Å². The first-order valence-electron chi connectivity index (χ1n) is 3.06. The highest BCUT2D eigenvalue weighted by Gasteiger charge is 1.99. The molecule has 0 atom stereocenters. The molecule has 0 radical (unpaired) electrons. The summed E-state index contributed by atoms with van der Waals surface area (Å²) in [4.78, 5) is 9.96. The van der Waals surface area contributed by atoms with E-state index < -0.39 is 0 Å². The van der Waals surface area contributed by atoms with Crippen LogP contribution in [0.25, 0.3) is 0 Å². The summed E-state index contributed by atoms with van der Waals surface area (Å²) in [6, 6.07) is 4.70. The Morgan fingerprint density at radius 2 is 2.33 bits per heavy atom. The van der Waals surface area contributed by atoms with Crippen molar-refractivity contribution in [1.29, 1.82) is 0 Å². The third kappa shape index (κ3) is 1.96. The summed E-state index contributed by atoms with van der Waals surface area (Å²) < 4.78 is 5.25. The SMILES string of the molecule is O=COc1ccc(Br)cc1N[O-]. The number of halogens is 1. The van der Waals surface area contributed by atoms with E-state index in [9.17, 15) is 10.0 Å². The Kier molecular flexibility index (Phi) is 3.07. The van der Waals surface area contributed by atoms with Gasteiger partial charge in [0.15, 0.2) is 5.75 Å². The molecule has 0 saturated heterocycles. The number of hydrogen-bond donors (Lipinski definition) is 1. The Labute approximate surface area is 77.2 Å². The fraction of sp³-hybridized carbons (Fsp3) is 0. The molecule has 0 aliphatic heterocycles. The normalized spacial score (nSPS) is 9.17. The van der Waals surface area contributed by atoms with Crippen LogP contribution < -0.4 is 10.2 Å². The number of carbonyl (C=O) groups excluding carboxylic acids is 1. The maximum Gasteiger partial charge on any atom is 0.298 e. The summed E-state index contributed by atoms with van der Waals surface area (Å²) in [5, 5.41) is 10.3. The zero-order valence-electron chi connectivity index (χ0n) is 5.91. The van der Waals surface area contributed by atoms with Crippen LogP contribution in [0.1, 0.15) is 0 Å². The average molecular weight is 231 g/mol. The van der Waals surface area contributed by atoms with Gasteiger partial charge in [0, 0.05) is 4.47 Å². The van der Waals surface area contributed by atoms with E-state index >= 15 is 0 Å². The lowest BCUT2D eigenvalue weighted by molar-refractivity contribution is -0.120. The second-order valence-corrected chi connectivity index (χ2v) is 2.87. The standard InChI is InChI=1S/C7H5BrNO3/c8-5-1-2-7(12-4-10)6(3-5)9-11/h1-4,9H/q-1. The summed E-state index contributed by atoms with van der Waals surface area (Å²) >= 11 is 3.17. The molecule has 0 fully saturated rings. The van der Waals surface area contributed by atoms with Crippen LogP contribution in [0.2, 0.25) is 0 Å². The maximum atomic E-state index is 10.3. The number of benzene rings is 1. The Morgan fingerprint density at radius 3 is 2.92 bits per heavy atom. The molecule has 0 bridgehead atoms. The van der Waals surface area contributed by atoms with Gasteiger partial charge in [-0.15, -0.1) is 0 Å². The summed E-state index contributed by atoms with van der Waals surface area (Å²) in [6.07, 6.45) is 0. The second kappa shape index (κ2) is 4.08. The van der Waals surface area contributed by atoms with E-state index in [1.165, 1.54) is 12.1 Å². The molecule has 0 aromatic heterocycles. The zero-order valence-corrected chi connectivity index (χ0v) is 7.50. The number of carbonyl (C=O) groups is 1. The molecule has 1 aromatic rings. The molecule has 0 amide bonds. The van der Waals surface area contributed by atoms with Gasteiger partial charge in [-0.3, -0.25) is 4.79 Å². The second-order valence-electron chi connectivity index (χ2n) is 1.96. The first-order chi connectivity index (χ1) is 5.77. The van der Waals surface area contributed by atoms with Crippen LogP contribution in [-0.2, 0) is 4.79 Å². The highest BCUT2D eigenvalue weighted by Crippen LogP contribution is 2.27. The van der Waals surface area contributed by atoms with Crippen LogP contribution >= 0.6 is 15.9 Å². The lowest BCUT2D eigenvalue weighted by atomic mass is 10.3. The van der Waals surface area contributed by atoms with Gasteiger partial charge in [-0.25, -0.2) is 0 Å². The molecule has 0 spiro atoms. The molecule has 64 valence electrons. The van der Waals surface area contributed by atoms with Crippen molar-refractivity contribution in [1.82, 2.24) is 0 Å². The fourth-order valence-electron chi connectivity index (χ4n) is 0.737. The van der Waals surface area contributed by atoms with Gasteiger partial charge in [0.2, 0.25) is 0 Å². The van der Waals surface area contributed by atoms with Crippen molar-refractivity contribution in [2.75, 3.05) is 5.48 Å². The van der Waals surface area contributed by atoms with E-state index in [4.69, 9.17) is 0 Å². The molecule has 0 saturated carbocycles. The van der Waals surface area contributed by atoms with E-state index in [0.717, 1.165) is 4.47 Å². The van der Waals surface area contributed by atoms with Gasteiger partial charge in [0.25, 0.3) is 6.47 Å². The number of nitrogens with one attached hydrogen (secondary N) is 1. The topological polar surface area (TPSA) is 61.4 Å². The first-order valence-corrected chi connectivity index (χ1v) is 3.85. The van der Waals surface area contributed by atoms with Crippen molar-refractivity contribution in [3.05, 3.63) is 27.9 Å². The van der Waals surface area contributed by atoms with Crippen molar-refractivity contribution in [2.45, 2.75) is 0 Å². The summed E-state index contributed by atoms with van der Waals surface area (Å²) in [5.41, 5.74) is 1.88. The quantitative estimate of drug-likeness (QED) is 0.637.